The number of hydrogen-bond acceptors (Lipinski definition) is 4. The van der Waals surface area contributed by atoms with Crippen molar-refractivity contribution in [3.63, 3.8) is 0 Å². The lowest BCUT2D eigenvalue weighted by atomic mass is 10.3. The fourth-order valence-corrected chi connectivity index (χ4v) is 1.76. The lowest BCUT2D eigenvalue weighted by Gasteiger charge is -2.06. The van der Waals surface area contributed by atoms with Crippen LogP contribution in [0.2, 0.25) is 0 Å². The second kappa shape index (κ2) is 6.12. The van der Waals surface area contributed by atoms with Gasteiger partial charge in [0.15, 0.2) is 6.61 Å². The highest BCUT2D eigenvalue weighted by Gasteiger charge is 2.02. The summed E-state index contributed by atoms with van der Waals surface area (Å²) in [6.07, 6.45) is 1.64. The van der Waals surface area contributed by atoms with Gasteiger partial charge in [-0.2, -0.15) is 5.26 Å². The smallest absolute Gasteiger partial charge is 0.174 e. The molecule has 1 N–H and O–H groups in total. The Labute approximate surface area is 113 Å². The molecule has 0 bridgehead atoms. The van der Waals surface area contributed by atoms with Gasteiger partial charge >= 0.3 is 0 Å². The summed E-state index contributed by atoms with van der Waals surface area (Å²) in [6.45, 7) is 0.665. The highest BCUT2D eigenvalue weighted by molar-refractivity contribution is 9.10. The summed E-state index contributed by atoms with van der Waals surface area (Å²) >= 11 is 3.40. The Balaban J connectivity index is 1.91. The number of hydrogen-bond donors (Lipinski definition) is 1. The summed E-state index contributed by atoms with van der Waals surface area (Å²) < 4.78 is 11.4. The molecule has 0 fully saturated rings. The fraction of sp³-hybridized carbons (Fsp3) is 0.154. The number of nitriles is 1. The number of anilines is 1. The number of nitrogens with zero attached hydrogens (tertiary/aromatic N) is 1. The number of halogens is 1. The topological polar surface area (TPSA) is 58.2 Å². The van der Waals surface area contributed by atoms with Crippen LogP contribution in [0.5, 0.6) is 5.75 Å². The van der Waals surface area contributed by atoms with Crippen LogP contribution in [0.25, 0.3) is 0 Å². The number of furan rings is 1. The molecule has 0 aliphatic heterocycles. The van der Waals surface area contributed by atoms with Gasteiger partial charge in [-0.25, -0.2) is 0 Å². The van der Waals surface area contributed by atoms with Crippen LogP contribution in [0.1, 0.15) is 5.76 Å². The van der Waals surface area contributed by atoms with E-state index >= 15 is 0 Å². The van der Waals surface area contributed by atoms with E-state index < -0.39 is 0 Å². The monoisotopic (exact) mass is 306 g/mol. The molecule has 1 heterocycles. The van der Waals surface area contributed by atoms with E-state index in [9.17, 15) is 0 Å². The van der Waals surface area contributed by atoms with E-state index in [-0.39, 0.29) is 6.61 Å². The highest BCUT2D eigenvalue weighted by Crippen LogP contribution is 2.20. The van der Waals surface area contributed by atoms with Gasteiger partial charge < -0.3 is 14.5 Å². The molecule has 0 radical (unpaired) electrons. The third-order valence-electron chi connectivity index (χ3n) is 2.30. The van der Waals surface area contributed by atoms with Gasteiger partial charge in [0, 0.05) is 5.69 Å². The molecule has 2 aromatic rings. The van der Waals surface area contributed by atoms with Crippen LogP contribution in [0.15, 0.2) is 45.5 Å². The van der Waals surface area contributed by atoms with Crippen molar-refractivity contribution in [3.8, 4) is 11.8 Å². The van der Waals surface area contributed by atoms with Gasteiger partial charge in [-0.1, -0.05) is 0 Å². The molecule has 0 spiro atoms. The first-order valence-corrected chi connectivity index (χ1v) is 6.14. The summed E-state index contributed by atoms with van der Waals surface area (Å²) in [6, 6.07) is 11.2. The lowest BCUT2D eigenvalue weighted by Crippen LogP contribution is -1.99. The zero-order valence-corrected chi connectivity index (χ0v) is 11.1. The van der Waals surface area contributed by atoms with Crippen molar-refractivity contribution >= 4 is 21.6 Å². The maximum atomic E-state index is 8.40. The minimum absolute atomic E-state index is 0.0616. The van der Waals surface area contributed by atoms with Crippen LogP contribution in [-0.4, -0.2) is 6.61 Å². The Hall–Kier alpha value is -1.93. The lowest BCUT2D eigenvalue weighted by molar-refractivity contribution is 0.368. The van der Waals surface area contributed by atoms with E-state index in [0.717, 1.165) is 15.9 Å². The van der Waals surface area contributed by atoms with E-state index in [1.54, 1.807) is 6.26 Å². The Kier molecular flexibility index (Phi) is 4.26. The second-order valence-electron chi connectivity index (χ2n) is 3.52. The molecule has 0 unspecified atom stereocenters. The molecule has 2 rings (SSSR count). The molecule has 0 aliphatic carbocycles. The zero-order valence-electron chi connectivity index (χ0n) is 9.52. The fourth-order valence-electron chi connectivity index (χ4n) is 1.42. The molecule has 0 aliphatic rings. The van der Waals surface area contributed by atoms with Gasteiger partial charge in [0.25, 0.3) is 0 Å². The molecule has 0 saturated carbocycles. The van der Waals surface area contributed by atoms with Crippen molar-refractivity contribution in [2.45, 2.75) is 6.54 Å². The van der Waals surface area contributed by atoms with Gasteiger partial charge in [-0.3, -0.25) is 0 Å². The molecule has 0 atom stereocenters. The van der Waals surface area contributed by atoms with Crippen molar-refractivity contribution < 1.29 is 9.15 Å². The Bertz CT molecular complexity index is 543. The van der Waals surface area contributed by atoms with Gasteiger partial charge in [-0.05, 0) is 46.3 Å². The van der Waals surface area contributed by atoms with Crippen molar-refractivity contribution in [3.05, 3.63) is 46.8 Å². The molecule has 18 heavy (non-hydrogen) atoms. The zero-order chi connectivity index (χ0) is 12.8. The molecule has 92 valence electrons. The third kappa shape index (κ3) is 3.28. The summed E-state index contributed by atoms with van der Waals surface area (Å²) in [4.78, 5) is 0. The predicted octanol–water partition coefficient (Wildman–Crippen LogP) is 3.56. The van der Waals surface area contributed by atoms with E-state index in [0.29, 0.717) is 12.3 Å². The predicted molar refractivity (Wildman–Crippen MR) is 71.3 cm³/mol. The molecule has 4 nitrogen and oxygen atoms in total. The van der Waals surface area contributed by atoms with E-state index in [1.165, 1.54) is 0 Å². The number of ether oxygens (including phenoxy) is 1. The summed E-state index contributed by atoms with van der Waals surface area (Å²) in [7, 11) is 0. The first kappa shape index (κ1) is 12.5. The van der Waals surface area contributed by atoms with Crippen molar-refractivity contribution in [2.75, 3.05) is 11.9 Å². The van der Waals surface area contributed by atoms with Crippen molar-refractivity contribution in [1.82, 2.24) is 0 Å². The largest absolute Gasteiger partial charge is 0.479 e. The van der Waals surface area contributed by atoms with E-state index in [2.05, 4.69) is 21.2 Å². The Morgan fingerprint density at radius 2 is 2.06 bits per heavy atom. The van der Waals surface area contributed by atoms with Crippen LogP contribution >= 0.6 is 15.9 Å². The standard InChI is InChI=1S/C13H11BrN2O2/c14-12-5-7-18-13(12)9-16-10-1-3-11(4-2-10)17-8-6-15/h1-5,7,16H,8-9H2. The summed E-state index contributed by atoms with van der Waals surface area (Å²) in [5.74, 6) is 1.53. The molecule has 5 heteroatoms. The minimum Gasteiger partial charge on any atom is -0.479 e. The van der Waals surface area contributed by atoms with Crippen molar-refractivity contribution in [1.29, 1.82) is 5.26 Å². The first-order valence-electron chi connectivity index (χ1n) is 5.35. The van der Waals surface area contributed by atoms with Crippen LogP contribution < -0.4 is 10.1 Å². The molecule has 1 aromatic carbocycles. The highest BCUT2D eigenvalue weighted by atomic mass is 79.9. The van der Waals surface area contributed by atoms with E-state index in [1.807, 2.05) is 36.4 Å². The van der Waals surface area contributed by atoms with Crippen molar-refractivity contribution in [2.24, 2.45) is 0 Å². The maximum absolute atomic E-state index is 8.40. The average Bonchev–Trinajstić information content (AvgIpc) is 2.81. The second-order valence-corrected chi connectivity index (χ2v) is 4.37. The van der Waals surface area contributed by atoms with Gasteiger partial charge in [-0.15, -0.1) is 0 Å². The number of nitrogens with one attached hydrogen (secondary N) is 1. The summed E-state index contributed by atoms with van der Waals surface area (Å²) in [5.41, 5.74) is 0.961. The molecular formula is C13H11BrN2O2. The Morgan fingerprint density at radius 1 is 1.28 bits per heavy atom. The van der Waals surface area contributed by atoms with Crippen LogP contribution in [0, 0.1) is 11.3 Å². The SMILES string of the molecule is N#CCOc1ccc(NCc2occc2Br)cc1. The van der Waals surface area contributed by atoms with Gasteiger partial charge in [0.1, 0.15) is 17.6 Å². The van der Waals surface area contributed by atoms with E-state index in [4.69, 9.17) is 14.4 Å². The van der Waals surface area contributed by atoms with Gasteiger partial charge in [0.2, 0.25) is 0 Å². The quantitative estimate of drug-likeness (QED) is 0.917. The van der Waals surface area contributed by atoms with Crippen LogP contribution in [-0.2, 0) is 6.54 Å². The van der Waals surface area contributed by atoms with Gasteiger partial charge in [0.05, 0.1) is 17.3 Å². The normalized spacial score (nSPS) is 9.78. The molecule has 0 saturated heterocycles. The molecule has 0 amide bonds. The minimum atomic E-state index is 0.0616. The average molecular weight is 307 g/mol. The number of rotatable bonds is 5. The third-order valence-corrected chi connectivity index (χ3v) is 3.01. The first-order chi connectivity index (χ1) is 8.79. The summed E-state index contributed by atoms with van der Waals surface area (Å²) in [5, 5.41) is 11.6. The van der Waals surface area contributed by atoms with Crippen LogP contribution in [0.4, 0.5) is 5.69 Å². The Morgan fingerprint density at radius 3 is 2.67 bits per heavy atom. The number of benzene rings is 1. The van der Waals surface area contributed by atoms with Crippen LogP contribution in [0.3, 0.4) is 0 Å². The maximum Gasteiger partial charge on any atom is 0.174 e. The molecule has 1 aromatic heterocycles. The molecular weight excluding hydrogens is 296 g/mol.